The van der Waals surface area contributed by atoms with Crippen molar-refractivity contribution in [3.63, 3.8) is 0 Å². The van der Waals surface area contributed by atoms with E-state index in [9.17, 15) is 14.9 Å². The summed E-state index contributed by atoms with van der Waals surface area (Å²) < 4.78 is 16.0. The number of nitro benzene ring substituents is 1. The maximum Gasteiger partial charge on any atom is 0.320 e. The SMILES string of the molecule is NC(Cc1ccc(OCc2cc3c(cc2[N+](=O)[O-])OCO3)cc1)C(=O)O. The van der Waals surface area contributed by atoms with Gasteiger partial charge in [-0.15, -0.1) is 0 Å². The first kappa shape index (κ1) is 17.5. The molecule has 1 heterocycles. The number of aliphatic carboxylic acids is 1. The normalized spacial score (nSPS) is 13.3. The zero-order valence-electron chi connectivity index (χ0n) is 13.6. The summed E-state index contributed by atoms with van der Waals surface area (Å²) in [5.41, 5.74) is 6.49. The first-order chi connectivity index (χ1) is 12.4. The lowest BCUT2D eigenvalue weighted by Gasteiger charge is -2.10. The molecule has 0 aromatic heterocycles. The Balaban J connectivity index is 1.69. The molecule has 1 aliphatic rings. The summed E-state index contributed by atoms with van der Waals surface area (Å²) in [6, 6.07) is 8.58. The van der Waals surface area contributed by atoms with Crippen LogP contribution in [-0.2, 0) is 17.8 Å². The molecule has 0 radical (unpaired) electrons. The van der Waals surface area contributed by atoms with Gasteiger partial charge < -0.3 is 25.1 Å². The smallest absolute Gasteiger partial charge is 0.320 e. The fraction of sp³-hybridized carbons (Fsp3) is 0.235. The van der Waals surface area contributed by atoms with Crippen molar-refractivity contribution in [2.24, 2.45) is 5.73 Å². The fourth-order valence-electron chi connectivity index (χ4n) is 2.48. The number of ether oxygens (including phenoxy) is 3. The van der Waals surface area contributed by atoms with Gasteiger partial charge in [-0.1, -0.05) is 12.1 Å². The zero-order chi connectivity index (χ0) is 18.7. The van der Waals surface area contributed by atoms with Gasteiger partial charge in [-0.3, -0.25) is 14.9 Å². The number of rotatable bonds is 7. The Morgan fingerprint density at radius 1 is 1.27 bits per heavy atom. The minimum absolute atomic E-state index is 0.0245. The molecule has 0 amide bonds. The molecule has 2 aromatic carbocycles. The lowest BCUT2D eigenvalue weighted by Crippen LogP contribution is -2.32. The molecule has 0 bridgehead atoms. The average molecular weight is 360 g/mol. The first-order valence-electron chi connectivity index (χ1n) is 7.71. The molecule has 136 valence electrons. The number of carboxylic acids is 1. The topological polar surface area (TPSA) is 134 Å². The third kappa shape index (κ3) is 3.83. The summed E-state index contributed by atoms with van der Waals surface area (Å²) in [5.74, 6) is 0.192. The van der Waals surface area contributed by atoms with Crippen molar-refractivity contribution in [1.29, 1.82) is 0 Å². The summed E-state index contributed by atoms with van der Waals surface area (Å²) in [7, 11) is 0. The summed E-state index contributed by atoms with van der Waals surface area (Å²) in [6.45, 7) is -0.00230. The van der Waals surface area contributed by atoms with Crippen molar-refractivity contribution >= 4 is 11.7 Å². The molecule has 0 spiro atoms. The number of fused-ring (bicyclic) bond motifs is 1. The van der Waals surface area contributed by atoms with Crippen LogP contribution in [0.3, 0.4) is 0 Å². The highest BCUT2D eigenvalue weighted by Gasteiger charge is 2.23. The molecule has 9 heteroatoms. The Kier molecular flexibility index (Phi) is 4.90. The van der Waals surface area contributed by atoms with Crippen LogP contribution in [0, 0.1) is 10.1 Å². The molecule has 0 fully saturated rings. The van der Waals surface area contributed by atoms with Crippen molar-refractivity contribution in [3.8, 4) is 17.2 Å². The number of nitro groups is 1. The van der Waals surface area contributed by atoms with E-state index in [2.05, 4.69) is 0 Å². The molecule has 3 rings (SSSR count). The van der Waals surface area contributed by atoms with E-state index in [-0.39, 0.29) is 25.5 Å². The zero-order valence-corrected chi connectivity index (χ0v) is 13.6. The van der Waals surface area contributed by atoms with Gasteiger partial charge >= 0.3 is 5.97 Å². The quantitative estimate of drug-likeness (QED) is 0.564. The molecule has 26 heavy (non-hydrogen) atoms. The fourth-order valence-corrected chi connectivity index (χ4v) is 2.48. The van der Waals surface area contributed by atoms with Gasteiger partial charge in [-0.25, -0.2) is 0 Å². The van der Waals surface area contributed by atoms with Crippen LogP contribution >= 0.6 is 0 Å². The van der Waals surface area contributed by atoms with E-state index < -0.39 is 16.9 Å². The van der Waals surface area contributed by atoms with E-state index >= 15 is 0 Å². The van der Waals surface area contributed by atoms with Gasteiger partial charge in [-0.2, -0.15) is 0 Å². The molecule has 1 atom stereocenters. The maximum atomic E-state index is 11.2. The summed E-state index contributed by atoms with van der Waals surface area (Å²) in [4.78, 5) is 21.5. The summed E-state index contributed by atoms with van der Waals surface area (Å²) in [5, 5.41) is 20.1. The Morgan fingerprint density at radius 3 is 2.54 bits per heavy atom. The Morgan fingerprint density at radius 2 is 1.92 bits per heavy atom. The third-order valence-corrected chi connectivity index (χ3v) is 3.86. The molecule has 2 aromatic rings. The number of nitrogens with two attached hydrogens (primary N) is 1. The molecule has 1 unspecified atom stereocenters. The van der Waals surface area contributed by atoms with Crippen molar-refractivity contribution < 1.29 is 29.0 Å². The van der Waals surface area contributed by atoms with Crippen LogP contribution in [0.5, 0.6) is 17.2 Å². The highest BCUT2D eigenvalue weighted by atomic mass is 16.7. The monoisotopic (exact) mass is 360 g/mol. The van der Waals surface area contributed by atoms with Gasteiger partial charge in [0.25, 0.3) is 5.69 Å². The van der Waals surface area contributed by atoms with Gasteiger partial charge in [0.2, 0.25) is 6.79 Å². The van der Waals surface area contributed by atoms with Crippen molar-refractivity contribution in [2.75, 3.05) is 6.79 Å². The van der Waals surface area contributed by atoms with Crippen LogP contribution in [0.4, 0.5) is 5.69 Å². The van der Waals surface area contributed by atoms with Crippen LogP contribution in [0.1, 0.15) is 11.1 Å². The molecule has 1 aliphatic heterocycles. The van der Waals surface area contributed by atoms with Gasteiger partial charge in [0.15, 0.2) is 11.5 Å². The van der Waals surface area contributed by atoms with Gasteiger partial charge in [-0.05, 0) is 30.2 Å². The van der Waals surface area contributed by atoms with Crippen LogP contribution in [0.15, 0.2) is 36.4 Å². The number of carbonyl (C=O) groups is 1. The minimum atomic E-state index is -1.07. The predicted octanol–water partition coefficient (Wildman–Crippen LogP) is 1.86. The van der Waals surface area contributed by atoms with Crippen molar-refractivity contribution in [1.82, 2.24) is 0 Å². The second kappa shape index (κ2) is 7.28. The molecule has 3 N–H and O–H groups in total. The Bertz CT molecular complexity index is 836. The number of carboxylic acid groups (broad SMARTS) is 1. The van der Waals surface area contributed by atoms with E-state index in [4.69, 9.17) is 25.1 Å². The summed E-state index contributed by atoms with van der Waals surface area (Å²) in [6.07, 6.45) is 0.198. The van der Waals surface area contributed by atoms with E-state index in [1.807, 2.05) is 0 Å². The average Bonchev–Trinajstić information content (AvgIpc) is 3.07. The third-order valence-electron chi connectivity index (χ3n) is 3.86. The number of nitrogens with zero attached hydrogens (tertiary/aromatic N) is 1. The molecular formula is C17H16N2O7. The molecular weight excluding hydrogens is 344 g/mol. The molecule has 0 aliphatic carbocycles. The minimum Gasteiger partial charge on any atom is -0.489 e. The highest BCUT2D eigenvalue weighted by molar-refractivity contribution is 5.73. The highest BCUT2D eigenvalue weighted by Crippen LogP contribution is 2.38. The molecule has 0 saturated heterocycles. The molecule has 0 saturated carbocycles. The van der Waals surface area contributed by atoms with E-state index in [1.165, 1.54) is 12.1 Å². The van der Waals surface area contributed by atoms with E-state index in [0.717, 1.165) is 5.56 Å². The summed E-state index contributed by atoms with van der Waals surface area (Å²) >= 11 is 0. The predicted molar refractivity (Wildman–Crippen MR) is 89.3 cm³/mol. The van der Waals surface area contributed by atoms with Crippen LogP contribution in [0.2, 0.25) is 0 Å². The van der Waals surface area contributed by atoms with E-state index in [0.29, 0.717) is 22.8 Å². The van der Waals surface area contributed by atoms with Crippen molar-refractivity contribution in [3.05, 3.63) is 57.6 Å². The number of hydrogen-bond donors (Lipinski definition) is 2. The van der Waals surface area contributed by atoms with Crippen LogP contribution in [0.25, 0.3) is 0 Å². The van der Waals surface area contributed by atoms with Crippen LogP contribution in [-0.4, -0.2) is 28.8 Å². The first-order valence-corrected chi connectivity index (χ1v) is 7.71. The number of hydrogen-bond acceptors (Lipinski definition) is 7. The molecule has 9 nitrogen and oxygen atoms in total. The second-order valence-corrected chi connectivity index (χ2v) is 5.67. The van der Waals surface area contributed by atoms with Crippen LogP contribution < -0.4 is 19.9 Å². The van der Waals surface area contributed by atoms with Gasteiger partial charge in [0.05, 0.1) is 16.6 Å². The standard InChI is InChI=1S/C17H16N2O7/c18-13(17(20)21)5-10-1-3-12(4-2-10)24-8-11-6-15-16(26-9-25-15)7-14(11)19(22)23/h1-4,6-7,13H,5,8-9,18H2,(H,20,21). The van der Waals surface area contributed by atoms with Gasteiger partial charge in [0, 0.05) is 0 Å². The second-order valence-electron chi connectivity index (χ2n) is 5.67. The number of benzene rings is 2. The lowest BCUT2D eigenvalue weighted by atomic mass is 10.1. The Hall–Kier alpha value is -3.33. The Labute approximate surface area is 148 Å². The van der Waals surface area contributed by atoms with E-state index in [1.54, 1.807) is 24.3 Å². The largest absolute Gasteiger partial charge is 0.489 e. The maximum absolute atomic E-state index is 11.2. The lowest BCUT2D eigenvalue weighted by molar-refractivity contribution is -0.385. The van der Waals surface area contributed by atoms with Gasteiger partial charge in [0.1, 0.15) is 18.4 Å². The van der Waals surface area contributed by atoms with Crippen molar-refractivity contribution in [2.45, 2.75) is 19.1 Å².